The molecule has 1 aliphatic rings. The third-order valence-corrected chi connectivity index (χ3v) is 5.55. The summed E-state index contributed by atoms with van der Waals surface area (Å²) >= 11 is 3.64. The molecule has 3 N–H and O–H groups in total. The molecule has 2 rings (SSSR count). The normalized spacial score (nSPS) is 25.5. The maximum absolute atomic E-state index is 5.80. The molecule has 0 bridgehead atoms. The third-order valence-electron chi connectivity index (χ3n) is 4.52. The predicted molar refractivity (Wildman–Crippen MR) is 81.6 cm³/mol. The first-order valence-electron chi connectivity index (χ1n) is 7.17. The minimum atomic E-state index is 0.346. The van der Waals surface area contributed by atoms with Crippen molar-refractivity contribution in [2.24, 2.45) is 24.7 Å². The van der Waals surface area contributed by atoms with E-state index in [2.05, 4.69) is 33.4 Å². The monoisotopic (exact) mass is 328 g/mol. The summed E-state index contributed by atoms with van der Waals surface area (Å²) in [6, 6.07) is 0.346. The fourth-order valence-electron chi connectivity index (χ4n) is 3.16. The predicted octanol–water partition coefficient (Wildman–Crippen LogP) is 2.69. The average Bonchev–Trinajstić information content (AvgIpc) is 2.63. The van der Waals surface area contributed by atoms with Gasteiger partial charge in [-0.25, -0.2) is 0 Å². The second-order valence-corrected chi connectivity index (χ2v) is 6.76. The number of hydrazine groups is 1. The van der Waals surface area contributed by atoms with Crippen molar-refractivity contribution < 1.29 is 0 Å². The number of hydrogen-bond acceptors (Lipinski definition) is 3. The van der Waals surface area contributed by atoms with Gasteiger partial charge in [0.05, 0.1) is 15.9 Å². The van der Waals surface area contributed by atoms with E-state index in [1.165, 1.54) is 31.4 Å². The van der Waals surface area contributed by atoms with Gasteiger partial charge in [-0.15, -0.1) is 0 Å². The highest BCUT2D eigenvalue weighted by Crippen LogP contribution is 2.32. The summed E-state index contributed by atoms with van der Waals surface area (Å²) in [4.78, 5) is 0. The molecule has 1 aromatic rings. The Labute approximate surface area is 124 Å². The Morgan fingerprint density at radius 2 is 2.05 bits per heavy atom. The van der Waals surface area contributed by atoms with Crippen LogP contribution in [0.4, 0.5) is 0 Å². The van der Waals surface area contributed by atoms with Crippen molar-refractivity contribution in [1.29, 1.82) is 0 Å². The van der Waals surface area contributed by atoms with Gasteiger partial charge < -0.3 is 0 Å². The zero-order valence-electron chi connectivity index (χ0n) is 12.1. The second kappa shape index (κ2) is 6.37. The van der Waals surface area contributed by atoms with Crippen molar-refractivity contribution in [2.45, 2.75) is 52.0 Å². The molecule has 108 valence electrons. The molecule has 1 saturated carbocycles. The summed E-state index contributed by atoms with van der Waals surface area (Å²) in [6.07, 6.45) is 6.16. The Morgan fingerprint density at radius 3 is 2.53 bits per heavy atom. The summed E-state index contributed by atoms with van der Waals surface area (Å²) in [7, 11) is 2.00. The van der Waals surface area contributed by atoms with Gasteiger partial charge in [-0.2, -0.15) is 5.10 Å². The topological polar surface area (TPSA) is 55.9 Å². The van der Waals surface area contributed by atoms with Crippen LogP contribution in [0, 0.1) is 18.8 Å². The van der Waals surface area contributed by atoms with E-state index in [0.717, 1.165) is 22.5 Å². The van der Waals surface area contributed by atoms with Crippen LogP contribution in [-0.4, -0.2) is 15.8 Å². The molecule has 1 atom stereocenters. The molecule has 1 aromatic heterocycles. The number of aromatic nitrogens is 2. The van der Waals surface area contributed by atoms with Gasteiger partial charge in [0, 0.05) is 19.5 Å². The van der Waals surface area contributed by atoms with Gasteiger partial charge in [-0.1, -0.05) is 19.8 Å². The van der Waals surface area contributed by atoms with Gasteiger partial charge in [0.15, 0.2) is 0 Å². The number of nitrogens with one attached hydrogen (secondary N) is 1. The van der Waals surface area contributed by atoms with Crippen molar-refractivity contribution in [1.82, 2.24) is 15.2 Å². The zero-order valence-corrected chi connectivity index (χ0v) is 13.7. The van der Waals surface area contributed by atoms with E-state index in [9.17, 15) is 0 Å². The van der Waals surface area contributed by atoms with Crippen LogP contribution in [0.5, 0.6) is 0 Å². The number of aryl methyl sites for hydroxylation is 2. The van der Waals surface area contributed by atoms with E-state index in [0.29, 0.717) is 12.0 Å². The molecule has 1 fully saturated rings. The van der Waals surface area contributed by atoms with Crippen LogP contribution in [-0.2, 0) is 13.5 Å². The summed E-state index contributed by atoms with van der Waals surface area (Å²) in [6.45, 7) is 4.38. The van der Waals surface area contributed by atoms with Crippen LogP contribution in [0.3, 0.4) is 0 Å². The maximum atomic E-state index is 5.80. The van der Waals surface area contributed by atoms with Crippen molar-refractivity contribution in [3.05, 3.63) is 15.9 Å². The molecule has 1 aliphatic carbocycles. The molecule has 5 heteroatoms. The molecule has 0 radical (unpaired) electrons. The Bertz CT molecular complexity index is 421. The molecule has 0 aliphatic heterocycles. The Hall–Kier alpha value is -0.390. The van der Waals surface area contributed by atoms with E-state index in [-0.39, 0.29) is 0 Å². The number of nitrogens with zero attached hydrogens (tertiary/aromatic N) is 2. The molecule has 4 nitrogen and oxygen atoms in total. The lowest BCUT2D eigenvalue weighted by Gasteiger charge is -2.32. The lowest BCUT2D eigenvalue weighted by Crippen LogP contribution is -2.44. The highest BCUT2D eigenvalue weighted by Gasteiger charge is 2.27. The molecule has 1 unspecified atom stereocenters. The van der Waals surface area contributed by atoms with Crippen LogP contribution in [0.1, 0.15) is 44.0 Å². The molecule has 1 heterocycles. The lowest BCUT2D eigenvalue weighted by atomic mass is 9.78. The first kappa shape index (κ1) is 15.0. The fourth-order valence-corrected chi connectivity index (χ4v) is 3.66. The van der Waals surface area contributed by atoms with Crippen LogP contribution in [0.15, 0.2) is 4.47 Å². The first-order chi connectivity index (χ1) is 9.02. The second-order valence-electron chi connectivity index (χ2n) is 5.97. The largest absolute Gasteiger partial charge is 0.271 e. The average molecular weight is 329 g/mol. The van der Waals surface area contributed by atoms with Crippen molar-refractivity contribution in [2.75, 3.05) is 0 Å². The van der Waals surface area contributed by atoms with E-state index < -0.39 is 0 Å². The van der Waals surface area contributed by atoms with Crippen LogP contribution in [0.25, 0.3) is 0 Å². The summed E-state index contributed by atoms with van der Waals surface area (Å²) in [5.41, 5.74) is 5.32. The van der Waals surface area contributed by atoms with E-state index >= 15 is 0 Å². The highest BCUT2D eigenvalue weighted by molar-refractivity contribution is 9.10. The zero-order chi connectivity index (χ0) is 14.0. The molecule has 19 heavy (non-hydrogen) atoms. The SMILES string of the molecule is Cc1nn(C)c(CC(NN)C2CCC(C)CC2)c1Br. The number of hydrogen-bond donors (Lipinski definition) is 2. The van der Waals surface area contributed by atoms with Gasteiger partial charge >= 0.3 is 0 Å². The number of nitrogens with two attached hydrogens (primary N) is 1. The van der Waals surface area contributed by atoms with Crippen LogP contribution in [0.2, 0.25) is 0 Å². The van der Waals surface area contributed by atoms with Crippen molar-refractivity contribution in [3.8, 4) is 0 Å². The first-order valence-corrected chi connectivity index (χ1v) is 7.96. The van der Waals surface area contributed by atoms with E-state index in [4.69, 9.17) is 5.84 Å². The smallest absolute Gasteiger partial charge is 0.0738 e. The summed E-state index contributed by atoms with van der Waals surface area (Å²) in [5, 5.41) is 4.46. The number of rotatable bonds is 4. The number of halogens is 1. The maximum Gasteiger partial charge on any atom is 0.0738 e. The third kappa shape index (κ3) is 3.38. The highest BCUT2D eigenvalue weighted by atomic mass is 79.9. The Kier molecular flexibility index (Phi) is 5.03. The van der Waals surface area contributed by atoms with Gasteiger partial charge in [-0.05, 0) is 47.5 Å². The van der Waals surface area contributed by atoms with E-state index in [1.807, 2.05) is 18.7 Å². The summed E-state index contributed by atoms with van der Waals surface area (Å²) < 4.78 is 3.09. The Balaban J connectivity index is 2.06. The lowest BCUT2D eigenvalue weighted by molar-refractivity contribution is 0.228. The van der Waals surface area contributed by atoms with Crippen LogP contribution < -0.4 is 11.3 Å². The van der Waals surface area contributed by atoms with Gasteiger partial charge in [0.2, 0.25) is 0 Å². The van der Waals surface area contributed by atoms with Crippen LogP contribution >= 0.6 is 15.9 Å². The molecule has 0 amide bonds. The quantitative estimate of drug-likeness (QED) is 0.660. The minimum Gasteiger partial charge on any atom is -0.271 e. The standard InChI is InChI=1S/C14H25BrN4/c1-9-4-6-11(7-5-9)12(17-16)8-13-14(15)10(2)18-19(13)3/h9,11-12,17H,4-8,16H2,1-3H3. The van der Waals surface area contributed by atoms with Gasteiger partial charge in [0.1, 0.15) is 0 Å². The molecular weight excluding hydrogens is 304 g/mol. The van der Waals surface area contributed by atoms with Crippen molar-refractivity contribution >= 4 is 15.9 Å². The van der Waals surface area contributed by atoms with Crippen molar-refractivity contribution in [3.63, 3.8) is 0 Å². The molecule has 0 saturated heterocycles. The van der Waals surface area contributed by atoms with Gasteiger partial charge in [-0.3, -0.25) is 16.0 Å². The fraction of sp³-hybridized carbons (Fsp3) is 0.786. The molecule has 0 aromatic carbocycles. The van der Waals surface area contributed by atoms with Gasteiger partial charge in [0.25, 0.3) is 0 Å². The summed E-state index contributed by atoms with van der Waals surface area (Å²) in [5.74, 6) is 7.36. The Morgan fingerprint density at radius 1 is 1.42 bits per heavy atom. The molecular formula is C14H25BrN4. The minimum absolute atomic E-state index is 0.346. The molecule has 0 spiro atoms. The van der Waals surface area contributed by atoms with E-state index in [1.54, 1.807) is 0 Å².